The molecule has 0 aliphatic rings. The Kier molecular flexibility index (Phi) is 2.77. The van der Waals surface area contributed by atoms with Crippen LogP contribution in [0.1, 0.15) is 5.56 Å². The zero-order valence-electron chi connectivity index (χ0n) is 13.5. The SMILES string of the molecule is Cc1ccc2c(c1)c1ccccc1n2-c1cccc2ccccc12. The van der Waals surface area contributed by atoms with Crippen LogP contribution in [0.2, 0.25) is 0 Å². The van der Waals surface area contributed by atoms with E-state index in [4.69, 9.17) is 0 Å². The summed E-state index contributed by atoms with van der Waals surface area (Å²) < 4.78 is 2.40. The first kappa shape index (κ1) is 13.4. The van der Waals surface area contributed by atoms with Crippen molar-refractivity contribution in [3.8, 4) is 5.69 Å². The van der Waals surface area contributed by atoms with Gasteiger partial charge in [0.1, 0.15) is 0 Å². The highest BCUT2D eigenvalue weighted by atomic mass is 15.0. The second-order valence-electron chi connectivity index (χ2n) is 6.37. The minimum Gasteiger partial charge on any atom is -0.309 e. The van der Waals surface area contributed by atoms with E-state index < -0.39 is 0 Å². The van der Waals surface area contributed by atoms with Crippen LogP contribution in [0, 0.1) is 6.92 Å². The molecule has 5 rings (SSSR count). The third-order valence-electron chi connectivity index (χ3n) is 4.84. The van der Waals surface area contributed by atoms with E-state index in [2.05, 4.69) is 96.4 Å². The molecule has 24 heavy (non-hydrogen) atoms. The average Bonchev–Trinajstić information content (AvgIpc) is 2.95. The van der Waals surface area contributed by atoms with Gasteiger partial charge < -0.3 is 4.57 Å². The summed E-state index contributed by atoms with van der Waals surface area (Å²) in [5.41, 5.74) is 5.05. The Morgan fingerprint density at radius 2 is 1.29 bits per heavy atom. The predicted octanol–water partition coefficient (Wildman–Crippen LogP) is 6.25. The summed E-state index contributed by atoms with van der Waals surface area (Å²) in [6, 6.07) is 30.5. The lowest BCUT2D eigenvalue weighted by Crippen LogP contribution is -1.94. The molecule has 0 aliphatic carbocycles. The van der Waals surface area contributed by atoms with Gasteiger partial charge in [0, 0.05) is 16.2 Å². The van der Waals surface area contributed by atoms with Gasteiger partial charge in [-0.15, -0.1) is 0 Å². The predicted molar refractivity (Wildman–Crippen MR) is 103 cm³/mol. The van der Waals surface area contributed by atoms with Crippen molar-refractivity contribution in [1.82, 2.24) is 4.57 Å². The minimum atomic E-state index is 1.24. The lowest BCUT2D eigenvalue weighted by atomic mass is 10.1. The van der Waals surface area contributed by atoms with Crippen molar-refractivity contribution >= 4 is 32.6 Å². The molecule has 5 aromatic rings. The van der Waals surface area contributed by atoms with Crippen LogP contribution >= 0.6 is 0 Å². The second kappa shape index (κ2) is 4.97. The van der Waals surface area contributed by atoms with Crippen LogP contribution in [0.15, 0.2) is 84.9 Å². The zero-order chi connectivity index (χ0) is 16.1. The van der Waals surface area contributed by atoms with Crippen LogP contribution in [0.5, 0.6) is 0 Å². The van der Waals surface area contributed by atoms with Crippen LogP contribution < -0.4 is 0 Å². The normalized spacial score (nSPS) is 11.5. The Bertz CT molecular complexity index is 1210. The molecule has 1 heteroatoms. The van der Waals surface area contributed by atoms with Crippen molar-refractivity contribution < 1.29 is 0 Å². The molecule has 1 heterocycles. The standard InChI is InChI=1S/C23H17N/c1-16-13-14-23-20(15-16)19-10-4-5-11-22(19)24(23)21-12-6-8-17-7-2-3-9-18(17)21/h2-15H,1H3. The zero-order valence-corrected chi connectivity index (χ0v) is 13.5. The summed E-state index contributed by atoms with van der Waals surface area (Å²) >= 11 is 0. The second-order valence-corrected chi connectivity index (χ2v) is 6.37. The topological polar surface area (TPSA) is 4.93 Å². The summed E-state index contributed by atoms with van der Waals surface area (Å²) in [5.74, 6) is 0. The molecule has 0 bridgehead atoms. The summed E-state index contributed by atoms with van der Waals surface area (Å²) in [5, 5.41) is 5.18. The van der Waals surface area contributed by atoms with Gasteiger partial charge >= 0.3 is 0 Å². The summed E-state index contributed by atoms with van der Waals surface area (Å²) in [6.07, 6.45) is 0. The van der Waals surface area contributed by atoms with Crippen LogP contribution in [0.3, 0.4) is 0 Å². The van der Waals surface area contributed by atoms with Gasteiger partial charge in [-0.05, 0) is 36.6 Å². The first-order chi connectivity index (χ1) is 11.8. The van der Waals surface area contributed by atoms with Gasteiger partial charge in [0.25, 0.3) is 0 Å². The number of aromatic nitrogens is 1. The van der Waals surface area contributed by atoms with E-state index in [0.717, 1.165) is 0 Å². The molecule has 4 aromatic carbocycles. The molecule has 0 saturated carbocycles. The van der Waals surface area contributed by atoms with E-state index >= 15 is 0 Å². The molecule has 0 aliphatic heterocycles. The highest BCUT2D eigenvalue weighted by Gasteiger charge is 2.13. The molecule has 0 unspecified atom stereocenters. The Morgan fingerprint density at radius 1 is 0.583 bits per heavy atom. The van der Waals surface area contributed by atoms with E-state index in [1.807, 2.05) is 0 Å². The number of nitrogens with zero attached hydrogens (tertiary/aromatic N) is 1. The summed E-state index contributed by atoms with van der Waals surface area (Å²) in [7, 11) is 0. The lowest BCUT2D eigenvalue weighted by Gasteiger charge is -2.11. The van der Waals surface area contributed by atoms with Crippen molar-refractivity contribution in [2.75, 3.05) is 0 Å². The molecule has 1 nitrogen and oxygen atoms in total. The maximum Gasteiger partial charge on any atom is 0.0541 e. The molecule has 0 saturated heterocycles. The Hall–Kier alpha value is -3.06. The van der Waals surface area contributed by atoms with E-state index in [1.54, 1.807) is 0 Å². The molecule has 0 amide bonds. The lowest BCUT2D eigenvalue weighted by molar-refractivity contribution is 1.20. The van der Waals surface area contributed by atoms with Gasteiger partial charge in [-0.3, -0.25) is 0 Å². The number of fused-ring (bicyclic) bond motifs is 4. The highest BCUT2D eigenvalue weighted by molar-refractivity contribution is 6.10. The number of hydrogen-bond acceptors (Lipinski definition) is 0. The fourth-order valence-corrected chi connectivity index (χ4v) is 3.75. The molecular formula is C23H17N. The molecular weight excluding hydrogens is 290 g/mol. The summed E-state index contributed by atoms with van der Waals surface area (Å²) in [4.78, 5) is 0. The molecule has 0 N–H and O–H groups in total. The van der Waals surface area contributed by atoms with Crippen LogP contribution in [-0.2, 0) is 0 Å². The van der Waals surface area contributed by atoms with Gasteiger partial charge in [0.2, 0.25) is 0 Å². The van der Waals surface area contributed by atoms with Crippen LogP contribution in [-0.4, -0.2) is 4.57 Å². The molecule has 0 radical (unpaired) electrons. The molecule has 0 atom stereocenters. The van der Waals surface area contributed by atoms with Crippen LogP contribution in [0.4, 0.5) is 0 Å². The van der Waals surface area contributed by atoms with E-state index in [-0.39, 0.29) is 0 Å². The molecule has 114 valence electrons. The first-order valence-corrected chi connectivity index (χ1v) is 8.31. The van der Waals surface area contributed by atoms with E-state index in [9.17, 15) is 0 Å². The average molecular weight is 307 g/mol. The smallest absolute Gasteiger partial charge is 0.0541 e. The largest absolute Gasteiger partial charge is 0.309 e. The van der Waals surface area contributed by atoms with Gasteiger partial charge in [0.15, 0.2) is 0 Å². The third-order valence-corrected chi connectivity index (χ3v) is 4.84. The third kappa shape index (κ3) is 1.82. The molecule has 0 fully saturated rings. The van der Waals surface area contributed by atoms with Gasteiger partial charge in [-0.2, -0.15) is 0 Å². The Balaban J connectivity index is 2.01. The van der Waals surface area contributed by atoms with Crippen molar-refractivity contribution in [3.63, 3.8) is 0 Å². The molecule has 0 spiro atoms. The van der Waals surface area contributed by atoms with Gasteiger partial charge in [-0.1, -0.05) is 66.2 Å². The summed E-state index contributed by atoms with van der Waals surface area (Å²) in [6.45, 7) is 2.16. The number of rotatable bonds is 1. The van der Waals surface area contributed by atoms with Crippen molar-refractivity contribution in [2.45, 2.75) is 6.92 Å². The Labute approximate surface area is 140 Å². The van der Waals surface area contributed by atoms with E-state index in [0.29, 0.717) is 0 Å². The van der Waals surface area contributed by atoms with Crippen molar-refractivity contribution in [3.05, 3.63) is 90.5 Å². The van der Waals surface area contributed by atoms with Crippen molar-refractivity contribution in [1.29, 1.82) is 0 Å². The van der Waals surface area contributed by atoms with Gasteiger partial charge in [0.05, 0.1) is 16.7 Å². The van der Waals surface area contributed by atoms with Crippen molar-refractivity contribution in [2.24, 2.45) is 0 Å². The number of para-hydroxylation sites is 1. The van der Waals surface area contributed by atoms with E-state index in [1.165, 1.54) is 43.8 Å². The van der Waals surface area contributed by atoms with Gasteiger partial charge in [-0.25, -0.2) is 0 Å². The number of benzene rings is 4. The highest BCUT2D eigenvalue weighted by Crippen LogP contribution is 2.34. The number of aryl methyl sites for hydroxylation is 1. The van der Waals surface area contributed by atoms with Crippen LogP contribution in [0.25, 0.3) is 38.3 Å². The minimum absolute atomic E-state index is 1.24. The maximum atomic E-state index is 2.40. The quantitative estimate of drug-likeness (QED) is 0.345. The Morgan fingerprint density at radius 3 is 2.21 bits per heavy atom. The number of hydrogen-bond donors (Lipinski definition) is 0. The fraction of sp³-hybridized carbons (Fsp3) is 0.0435. The molecule has 1 aromatic heterocycles. The maximum absolute atomic E-state index is 2.40. The monoisotopic (exact) mass is 307 g/mol. The first-order valence-electron chi connectivity index (χ1n) is 8.31. The fourth-order valence-electron chi connectivity index (χ4n) is 3.75.